The Hall–Kier alpha value is -1.99. The predicted octanol–water partition coefficient (Wildman–Crippen LogP) is 0.643. The lowest BCUT2D eigenvalue weighted by Gasteiger charge is -2.32. The zero-order valence-corrected chi connectivity index (χ0v) is 13.1. The van der Waals surface area contributed by atoms with E-state index in [0.717, 1.165) is 45.7 Å². The number of nitrogens with zero attached hydrogens (tertiary/aromatic N) is 3. The van der Waals surface area contributed by atoms with E-state index in [1.807, 2.05) is 4.90 Å². The van der Waals surface area contributed by atoms with Gasteiger partial charge in [0.15, 0.2) is 0 Å². The Kier molecular flexibility index (Phi) is 4.88. The van der Waals surface area contributed by atoms with Gasteiger partial charge in [-0.15, -0.1) is 0 Å². The van der Waals surface area contributed by atoms with Crippen LogP contribution in [0.2, 0.25) is 0 Å². The average molecular weight is 318 g/mol. The van der Waals surface area contributed by atoms with Gasteiger partial charge in [-0.2, -0.15) is 0 Å². The molecule has 3 rings (SSSR count). The summed E-state index contributed by atoms with van der Waals surface area (Å²) in [4.78, 5) is 27.4. The number of amides is 1. The zero-order chi connectivity index (χ0) is 16.2. The van der Waals surface area contributed by atoms with Crippen LogP contribution in [0.25, 0.3) is 0 Å². The first kappa shape index (κ1) is 15.9. The van der Waals surface area contributed by atoms with Gasteiger partial charge in [0.05, 0.1) is 11.3 Å². The van der Waals surface area contributed by atoms with Gasteiger partial charge in [-0.3, -0.25) is 19.8 Å². The van der Waals surface area contributed by atoms with E-state index in [0.29, 0.717) is 11.6 Å². The lowest BCUT2D eigenvalue weighted by Crippen LogP contribution is -2.49. The van der Waals surface area contributed by atoms with Crippen LogP contribution in [-0.2, 0) is 11.2 Å². The molecule has 124 valence electrons. The highest BCUT2D eigenvalue weighted by Gasteiger charge is 2.31. The minimum atomic E-state index is -0.421. The summed E-state index contributed by atoms with van der Waals surface area (Å²) >= 11 is 0. The molecule has 0 bridgehead atoms. The van der Waals surface area contributed by atoms with Crippen LogP contribution in [0, 0.1) is 10.1 Å². The number of rotatable bonds is 4. The molecule has 1 aromatic rings. The minimum Gasteiger partial charge on any atom is -0.341 e. The molecule has 1 amide bonds. The topological polar surface area (TPSA) is 78.7 Å². The lowest BCUT2D eigenvalue weighted by atomic mass is 10.1. The van der Waals surface area contributed by atoms with Crippen LogP contribution in [0.4, 0.5) is 5.69 Å². The highest BCUT2D eigenvalue weighted by atomic mass is 16.6. The molecule has 0 aromatic heterocycles. The van der Waals surface area contributed by atoms with E-state index in [4.69, 9.17) is 0 Å². The summed E-state index contributed by atoms with van der Waals surface area (Å²) in [5.41, 5.74) is 0.520. The number of benzene rings is 1. The third kappa shape index (κ3) is 3.68. The van der Waals surface area contributed by atoms with Crippen molar-refractivity contribution >= 4 is 11.6 Å². The maximum absolute atomic E-state index is 12.5. The molecule has 7 nitrogen and oxygen atoms in total. The molecule has 2 fully saturated rings. The SMILES string of the molecule is O=C(Cc1ccccc1[N+](=O)[O-])N1CCC(N2CCNCC2)C1. The number of carbonyl (C=O) groups is 1. The molecule has 2 saturated heterocycles. The second-order valence-corrected chi connectivity index (χ2v) is 6.13. The van der Waals surface area contributed by atoms with Gasteiger partial charge >= 0.3 is 0 Å². The van der Waals surface area contributed by atoms with E-state index in [-0.39, 0.29) is 18.0 Å². The first-order valence-electron chi connectivity index (χ1n) is 8.10. The van der Waals surface area contributed by atoms with E-state index in [1.54, 1.807) is 18.2 Å². The van der Waals surface area contributed by atoms with Gasteiger partial charge in [0, 0.05) is 56.9 Å². The minimum absolute atomic E-state index is 0.0167. The Labute approximate surface area is 135 Å². The lowest BCUT2D eigenvalue weighted by molar-refractivity contribution is -0.385. The molecule has 2 aliphatic rings. The summed E-state index contributed by atoms with van der Waals surface area (Å²) in [6.07, 6.45) is 1.09. The normalized spacial score (nSPS) is 22.3. The fraction of sp³-hybridized carbons (Fsp3) is 0.562. The Bertz CT molecular complexity index is 586. The number of nitrogens with one attached hydrogen (secondary N) is 1. The van der Waals surface area contributed by atoms with Gasteiger partial charge in [-0.05, 0) is 6.42 Å². The molecule has 0 saturated carbocycles. The summed E-state index contributed by atoms with van der Waals surface area (Å²) in [6, 6.07) is 6.91. The molecular weight excluding hydrogens is 296 g/mol. The molecule has 7 heteroatoms. The third-order valence-corrected chi connectivity index (χ3v) is 4.71. The fourth-order valence-electron chi connectivity index (χ4n) is 3.43. The van der Waals surface area contributed by atoms with E-state index < -0.39 is 4.92 Å². The van der Waals surface area contributed by atoms with Gasteiger partial charge < -0.3 is 10.2 Å². The van der Waals surface area contributed by atoms with Gasteiger partial charge in [0.1, 0.15) is 0 Å². The number of hydrogen-bond acceptors (Lipinski definition) is 5. The largest absolute Gasteiger partial charge is 0.341 e. The molecule has 0 radical (unpaired) electrons. The third-order valence-electron chi connectivity index (χ3n) is 4.71. The highest BCUT2D eigenvalue weighted by Crippen LogP contribution is 2.21. The van der Waals surface area contributed by atoms with E-state index in [9.17, 15) is 14.9 Å². The number of nitro groups is 1. The summed E-state index contributed by atoms with van der Waals surface area (Å²) in [6.45, 7) is 5.53. The van der Waals surface area contributed by atoms with Crippen molar-refractivity contribution in [3.05, 3.63) is 39.9 Å². The van der Waals surface area contributed by atoms with Crippen molar-refractivity contribution in [2.75, 3.05) is 39.3 Å². The van der Waals surface area contributed by atoms with Crippen LogP contribution in [0.1, 0.15) is 12.0 Å². The summed E-state index contributed by atoms with van der Waals surface area (Å²) in [7, 11) is 0. The van der Waals surface area contributed by atoms with E-state index >= 15 is 0 Å². The molecule has 1 aromatic carbocycles. The fourth-order valence-corrected chi connectivity index (χ4v) is 3.43. The van der Waals surface area contributed by atoms with Crippen LogP contribution in [-0.4, -0.2) is 65.9 Å². The van der Waals surface area contributed by atoms with Gasteiger partial charge in [-0.1, -0.05) is 18.2 Å². The van der Waals surface area contributed by atoms with Crippen molar-refractivity contribution in [1.29, 1.82) is 0 Å². The van der Waals surface area contributed by atoms with Crippen molar-refractivity contribution in [3.8, 4) is 0 Å². The van der Waals surface area contributed by atoms with Gasteiger partial charge in [-0.25, -0.2) is 0 Å². The molecule has 0 aliphatic carbocycles. The van der Waals surface area contributed by atoms with Crippen molar-refractivity contribution < 1.29 is 9.72 Å². The van der Waals surface area contributed by atoms with Gasteiger partial charge in [0.2, 0.25) is 5.91 Å². The summed E-state index contributed by atoms with van der Waals surface area (Å²) in [5.74, 6) is -0.0167. The Morgan fingerprint density at radius 2 is 2.00 bits per heavy atom. The number of carbonyl (C=O) groups excluding carboxylic acids is 1. The van der Waals surface area contributed by atoms with Crippen molar-refractivity contribution in [1.82, 2.24) is 15.1 Å². The average Bonchev–Trinajstić information content (AvgIpc) is 3.06. The zero-order valence-electron chi connectivity index (χ0n) is 13.1. The molecule has 2 aliphatic heterocycles. The van der Waals surface area contributed by atoms with Crippen LogP contribution >= 0.6 is 0 Å². The maximum Gasteiger partial charge on any atom is 0.273 e. The second-order valence-electron chi connectivity index (χ2n) is 6.13. The Morgan fingerprint density at radius 3 is 2.74 bits per heavy atom. The molecule has 1 atom stereocenters. The van der Waals surface area contributed by atoms with Crippen molar-refractivity contribution in [2.45, 2.75) is 18.9 Å². The Morgan fingerprint density at radius 1 is 1.26 bits per heavy atom. The number of para-hydroxylation sites is 1. The maximum atomic E-state index is 12.5. The Balaban J connectivity index is 1.60. The molecule has 2 heterocycles. The quantitative estimate of drug-likeness (QED) is 0.651. The van der Waals surface area contributed by atoms with Crippen LogP contribution in [0.3, 0.4) is 0 Å². The standard InChI is InChI=1S/C16H22N4O3/c21-16(11-13-3-1-2-4-15(13)20(22)23)19-8-5-14(12-19)18-9-6-17-7-10-18/h1-4,14,17H,5-12H2. The van der Waals surface area contributed by atoms with Gasteiger partial charge in [0.25, 0.3) is 5.69 Å². The van der Waals surface area contributed by atoms with Crippen LogP contribution in [0.15, 0.2) is 24.3 Å². The van der Waals surface area contributed by atoms with Crippen LogP contribution < -0.4 is 5.32 Å². The molecule has 23 heavy (non-hydrogen) atoms. The molecule has 1 N–H and O–H groups in total. The first-order chi connectivity index (χ1) is 11.1. The van der Waals surface area contributed by atoms with Crippen molar-refractivity contribution in [2.24, 2.45) is 0 Å². The van der Waals surface area contributed by atoms with Crippen molar-refractivity contribution in [3.63, 3.8) is 0 Å². The van der Waals surface area contributed by atoms with Crippen LogP contribution in [0.5, 0.6) is 0 Å². The number of hydrogen-bond donors (Lipinski definition) is 1. The second kappa shape index (κ2) is 7.06. The number of nitro benzene ring substituents is 1. The number of likely N-dealkylation sites (tertiary alicyclic amines) is 1. The first-order valence-corrected chi connectivity index (χ1v) is 8.10. The van der Waals surface area contributed by atoms with E-state index in [1.165, 1.54) is 6.07 Å². The molecule has 1 unspecified atom stereocenters. The molecule has 0 spiro atoms. The monoisotopic (exact) mass is 318 g/mol. The van der Waals surface area contributed by atoms with E-state index in [2.05, 4.69) is 10.2 Å². The molecular formula is C16H22N4O3. The smallest absolute Gasteiger partial charge is 0.273 e. The number of piperazine rings is 1. The summed E-state index contributed by atoms with van der Waals surface area (Å²) in [5, 5.41) is 14.4. The highest BCUT2D eigenvalue weighted by molar-refractivity contribution is 5.80. The summed E-state index contributed by atoms with van der Waals surface area (Å²) < 4.78 is 0. The predicted molar refractivity (Wildman–Crippen MR) is 86.2 cm³/mol.